The van der Waals surface area contributed by atoms with Crippen LogP contribution in [0.3, 0.4) is 0 Å². The van der Waals surface area contributed by atoms with E-state index in [2.05, 4.69) is 10.2 Å². The van der Waals surface area contributed by atoms with Gasteiger partial charge < -0.3 is 9.64 Å². The van der Waals surface area contributed by atoms with Crippen LogP contribution in [0.15, 0.2) is 30.3 Å². The first kappa shape index (κ1) is 14.3. The summed E-state index contributed by atoms with van der Waals surface area (Å²) in [4.78, 5) is 14.7. The fraction of sp³-hybridized carbons (Fsp3) is 0.444. The van der Waals surface area contributed by atoms with Crippen LogP contribution in [-0.4, -0.2) is 40.2 Å². The van der Waals surface area contributed by atoms with Crippen molar-refractivity contribution >= 4 is 5.91 Å². The number of carbonyl (C=O) groups is 1. The number of likely N-dealkylation sites (tertiary alicyclic amines) is 1. The number of benzene rings is 1. The molecule has 1 saturated heterocycles. The van der Waals surface area contributed by atoms with E-state index in [9.17, 15) is 4.79 Å². The lowest BCUT2D eigenvalue weighted by atomic mass is 10.1. The van der Waals surface area contributed by atoms with Crippen molar-refractivity contribution in [2.24, 2.45) is 0 Å². The van der Waals surface area contributed by atoms with Gasteiger partial charge in [0.1, 0.15) is 11.9 Å². The number of aryl methyl sites for hydroxylation is 1. The summed E-state index contributed by atoms with van der Waals surface area (Å²) in [6.45, 7) is 1.42. The van der Waals surface area contributed by atoms with Crippen molar-refractivity contribution in [3.8, 4) is 5.75 Å². The summed E-state index contributed by atoms with van der Waals surface area (Å²) in [6.07, 6.45) is 5.10. The molecule has 1 fully saturated rings. The van der Waals surface area contributed by atoms with Crippen LogP contribution in [-0.2, 0) is 12.8 Å². The van der Waals surface area contributed by atoms with Crippen LogP contribution < -0.4 is 4.74 Å². The van der Waals surface area contributed by atoms with Crippen LogP contribution in [0, 0.1) is 0 Å². The number of rotatable bonds is 3. The number of H-pyrrole nitrogens is 1. The molecule has 1 amide bonds. The van der Waals surface area contributed by atoms with Crippen molar-refractivity contribution in [2.45, 2.75) is 38.2 Å². The molecule has 0 unspecified atom stereocenters. The van der Waals surface area contributed by atoms with Gasteiger partial charge >= 0.3 is 0 Å². The zero-order valence-corrected chi connectivity index (χ0v) is 13.1. The van der Waals surface area contributed by atoms with Crippen LogP contribution in [0.5, 0.6) is 5.75 Å². The Balaban J connectivity index is 1.45. The SMILES string of the molecule is O=C(c1n[nH]c2c1CCC2)N1CCC[C@H](Oc2ccccc2)C1. The summed E-state index contributed by atoms with van der Waals surface area (Å²) in [5.41, 5.74) is 2.89. The highest BCUT2D eigenvalue weighted by molar-refractivity contribution is 5.94. The Morgan fingerprint density at radius 3 is 2.96 bits per heavy atom. The molecule has 120 valence electrons. The second-order valence-corrected chi connectivity index (χ2v) is 6.33. The largest absolute Gasteiger partial charge is 0.489 e. The second-order valence-electron chi connectivity index (χ2n) is 6.33. The van der Waals surface area contributed by atoms with E-state index in [1.807, 2.05) is 35.2 Å². The Morgan fingerprint density at radius 1 is 1.22 bits per heavy atom. The number of aromatic amines is 1. The molecule has 2 heterocycles. The van der Waals surface area contributed by atoms with Crippen LogP contribution in [0.1, 0.15) is 41.0 Å². The highest BCUT2D eigenvalue weighted by Gasteiger charge is 2.30. The average Bonchev–Trinajstić information content (AvgIpc) is 3.19. The van der Waals surface area contributed by atoms with Crippen molar-refractivity contribution in [1.82, 2.24) is 15.1 Å². The Kier molecular flexibility index (Phi) is 3.77. The van der Waals surface area contributed by atoms with Gasteiger partial charge in [0.05, 0.1) is 6.54 Å². The van der Waals surface area contributed by atoms with E-state index >= 15 is 0 Å². The Morgan fingerprint density at radius 2 is 2.09 bits per heavy atom. The first-order valence-electron chi connectivity index (χ1n) is 8.38. The molecular weight excluding hydrogens is 290 g/mol. The van der Waals surface area contributed by atoms with E-state index in [4.69, 9.17) is 4.74 Å². The molecule has 0 saturated carbocycles. The standard InChI is InChI=1S/C18H21N3O2/c22-18(17-15-9-4-10-16(15)19-20-17)21-11-5-8-14(12-21)23-13-6-2-1-3-7-13/h1-3,6-7,14H,4-5,8-12H2,(H,19,20)/t14-/m0/s1. The summed E-state index contributed by atoms with van der Waals surface area (Å²) in [7, 11) is 0. The fourth-order valence-electron chi connectivity index (χ4n) is 3.56. The number of piperidine rings is 1. The number of hydrogen-bond acceptors (Lipinski definition) is 3. The van der Waals surface area contributed by atoms with E-state index in [1.165, 1.54) is 0 Å². The van der Waals surface area contributed by atoms with Gasteiger partial charge in [-0.2, -0.15) is 5.10 Å². The first-order chi connectivity index (χ1) is 11.3. The molecule has 1 atom stereocenters. The quantitative estimate of drug-likeness (QED) is 0.948. The monoisotopic (exact) mass is 311 g/mol. The molecule has 1 aliphatic carbocycles. The Bertz CT molecular complexity index is 696. The van der Waals surface area contributed by atoms with E-state index in [0.717, 1.165) is 55.7 Å². The van der Waals surface area contributed by atoms with Gasteiger partial charge in [-0.3, -0.25) is 9.89 Å². The third-order valence-electron chi connectivity index (χ3n) is 4.72. The van der Waals surface area contributed by atoms with Gasteiger partial charge in [-0.15, -0.1) is 0 Å². The molecule has 23 heavy (non-hydrogen) atoms. The highest BCUT2D eigenvalue weighted by atomic mass is 16.5. The van der Waals surface area contributed by atoms with E-state index < -0.39 is 0 Å². The Hall–Kier alpha value is -2.30. The predicted molar refractivity (Wildman–Crippen MR) is 86.6 cm³/mol. The third kappa shape index (κ3) is 2.83. The fourth-order valence-corrected chi connectivity index (χ4v) is 3.56. The maximum atomic E-state index is 12.8. The molecule has 4 rings (SSSR count). The second kappa shape index (κ2) is 6.07. The molecule has 1 aliphatic heterocycles. The number of nitrogens with zero attached hydrogens (tertiary/aromatic N) is 2. The highest BCUT2D eigenvalue weighted by Crippen LogP contribution is 2.25. The molecule has 2 aromatic rings. The van der Waals surface area contributed by atoms with Crippen molar-refractivity contribution in [2.75, 3.05) is 13.1 Å². The molecule has 1 aromatic heterocycles. The van der Waals surface area contributed by atoms with Gasteiger partial charge in [0, 0.05) is 17.8 Å². The van der Waals surface area contributed by atoms with Crippen molar-refractivity contribution in [1.29, 1.82) is 0 Å². The topological polar surface area (TPSA) is 58.2 Å². The van der Waals surface area contributed by atoms with Gasteiger partial charge in [0.25, 0.3) is 5.91 Å². The third-order valence-corrected chi connectivity index (χ3v) is 4.72. The van der Waals surface area contributed by atoms with Crippen molar-refractivity contribution < 1.29 is 9.53 Å². The predicted octanol–water partition coefficient (Wildman–Crippen LogP) is 2.58. The van der Waals surface area contributed by atoms with Gasteiger partial charge in [0.15, 0.2) is 5.69 Å². The smallest absolute Gasteiger partial charge is 0.274 e. The maximum Gasteiger partial charge on any atom is 0.274 e. The maximum absolute atomic E-state index is 12.8. The number of hydrogen-bond donors (Lipinski definition) is 1. The van der Waals surface area contributed by atoms with Crippen molar-refractivity contribution in [3.63, 3.8) is 0 Å². The molecule has 1 N–H and O–H groups in total. The van der Waals surface area contributed by atoms with Gasteiger partial charge in [0.2, 0.25) is 0 Å². The summed E-state index contributed by atoms with van der Waals surface area (Å²) in [5, 5.41) is 7.29. The molecule has 5 nitrogen and oxygen atoms in total. The summed E-state index contributed by atoms with van der Waals surface area (Å²) in [6, 6.07) is 9.83. The number of aromatic nitrogens is 2. The molecular formula is C18H21N3O2. The first-order valence-corrected chi connectivity index (χ1v) is 8.38. The van der Waals surface area contributed by atoms with E-state index in [-0.39, 0.29) is 12.0 Å². The lowest BCUT2D eigenvalue weighted by Crippen LogP contribution is -2.44. The number of amides is 1. The molecule has 0 radical (unpaired) electrons. The number of fused-ring (bicyclic) bond motifs is 1. The average molecular weight is 311 g/mol. The molecule has 0 bridgehead atoms. The lowest BCUT2D eigenvalue weighted by Gasteiger charge is -2.32. The van der Waals surface area contributed by atoms with Gasteiger partial charge in [-0.25, -0.2) is 0 Å². The summed E-state index contributed by atoms with van der Waals surface area (Å²) < 4.78 is 6.02. The minimum absolute atomic E-state index is 0.0470. The van der Waals surface area contributed by atoms with Crippen LogP contribution in [0.2, 0.25) is 0 Å². The van der Waals surface area contributed by atoms with Crippen LogP contribution in [0.25, 0.3) is 0 Å². The number of ether oxygens (including phenoxy) is 1. The number of carbonyl (C=O) groups excluding carboxylic acids is 1. The zero-order valence-electron chi connectivity index (χ0n) is 13.1. The number of nitrogens with one attached hydrogen (secondary N) is 1. The summed E-state index contributed by atoms with van der Waals surface area (Å²) in [5.74, 6) is 0.915. The normalized spacial score (nSPS) is 20.3. The van der Waals surface area contributed by atoms with E-state index in [0.29, 0.717) is 12.2 Å². The molecule has 1 aromatic carbocycles. The van der Waals surface area contributed by atoms with Gasteiger partial charge in [-0.05, 0) is 44.2 Å². The lowest BCUT2D eigenvalue weighted by molar-refractivity contribution is 0.0531. The van der Waals surface area contributed by atoms with E-state index in [1.54, 1.807) is 0 Å². The van der Waals surface area contributed by atoms with Crippen LogP contribution >= 0.6 is 0 Å². The van der Waals surface area contributed by atoms with Crippen LogP contribution in [0.4, 0.5) is 0 Å². The zero-order chi connectivity index (χ0) is 15.6. The molecule has 5 heteroatoms. The summed E-state index contributed by atoms with van der Waals surface area (Å²) >= 11 is 0. The minimum Gasteiger partial charge on any atom is -0.489 e. The minimum atomic E-state index is 0.0470. The Labute approximate surface area is 135 Å². The molecule has 2 aliphatic rings. The number of para-hydroxylation sites is 1. The van der Waals surface area contributed by atoms with Gasteiger partial charge in [-0.1, -0.05) is 18.2 Å². The van der Waals surface area contributed by atoms with Crippen molar-refractivity contribution in [3.05, 3.63) is 47.3 Å². The molecule has 0 spiro atoms.